The molecule has 0 bridgehead atoms. The highest BCUT2D eigenvalue weighted by Crippen LogP contribution is 2.21. The molecule has 0 saturated carbocycles. The maximum absolute atomic E-state index is 12.4. The summed E-state index contributed by atoms with van der Waals surface area (Å²) in [5.41, 5.74) is 0.905. The summed E-state index contributed by atoms with van der Waals surface area (Å²) in [7, 11) is -2.22. The van der Waals surface area contributed by atoms with Crippen molar-refractivity contribution in [2.75, 3.05) is 17.1 Å². The normalized spacial score (nSPS) is 12.2. The van der Waals surface area contributed by atoms with Crippen molar-refractivity contribution in [3.63, 3.8) is 0 Å². The first-order valence-corrected chi connectivity index (χ1v) is 9.79. The van der Waals surface area contributed by atoms with Gasteiger partial charge in [0.15, 0.2) is 0 Å². The molecular formula is C18H19N5O4S. The second kappa shape index (κ2) is 8.09. The van der Waals surface area contributed by atoms with E-state index in [9.17, 15) is 13.2 Å². The zero-order chi connectivity index (χ0) is 20.1. The van der Waals surface area contributed by atoms with E-state index in [1.807, 2.05) is 0 Å². The lowest BCUT2D eigenvalue weighted by Crippen LogP contribution is -2.24. The number of nitrogens with zero attached hydrogens (tertiary/aromatic N) is 3. The number of hydrogen-bond donors (Lipinski definition) is 2. The van der Waals surface area contributed by atoms with E-state index in [4.69, 9.17) is 4.74 Å². The lowest BCUT2D eigenvalue weighted by atomic mass is 10.2. The number of ether oxygens (including phenoxy) is 1. The lowest BCUT2D eigenvalue weighted by Gasteiger charge is -2.13. The number of carbonyl (C=O) groups is 1. The quantitative estimate of drug-likeness (QED) is 0.628. The van der Waals surface area contributed by atoms with Crippen molar-refractivity contribution in [3.05, 3.63) is 61.2 Å². The predicted molar refractivity (Wildman–Crippen MR) is 104 cm³/mol. The number of rotatable bonds is 7. The van der Waals surface area contributed by atoms with Crippen LogP contribution in [-0.4, -0.2) is 36.2 Å². The van der Waals surface area contributed by atoms with Crippen molar-refractivity contribution in [2.24, 2.45) is 0 Å². The van der Waals surface area contributed by atoms with Gasteiger partial charge >= 0.3 is 0 Å². The summed E-state index contributed by atoms with van der Waals surface area (Å²) in [6.45, 7) is 1.70. The molecule has 0 fully saturated rings. The Balaban J connectivity index is 1.66. The Labute approximate surface area is 162 Å². The smallest absolute Gasteiger partial charge is 0.261 e. The molecule has 10 heteroatoms. The van der Waals surface area contributed by atoms with Gasteiger partial charge in [0, 0.05) is 11.4 Å². The second-order valence-electron chi connectivity index (χ2n) is 5.90. The van der Waals surface area contributed by atoms with E-state index < -0.39 is 16.1 Å². The maximum atomic E-state index is 12.4. The third-order valence-electron chi connectivity index (χ3n) is 3.99. The summed E-state index contributed by atoms with van der Waals surface area (Å²) in [5, 5.41) is 6.68. The minimum Gasteiger partial charge on any atom is -0.497 e. The fourth-order valence-electron chi connectivity index (χ4n) is 2.37. The van der Waals surface area contributed by atoms with Crippen molar-refractivity contribution < 1.29 is 17.9 Å². The Kier molecular flexibility index (Phi) is 5.59. The van der Waals surface area contributed by atoms with Crippen molar-refractivity contribution in [1.82, 2.24) is 14.8 Å². The Morgan fingerprint density at radius 2 is 1.71 bits per heavy atom. The molecule has 2 N–H and O–H groups in total. The number of anilines is 2. The molecule has 0 spiro atoms. The molecule has 1 aromatic heterocycles. The predicted octanol–water partition coefficient (Wildman–Crippen LogP) is 2.29. The zero-order valence-corrected chi connectivity index (χ0v) is 16.1. The lowest BCUT2D eigenvalue weighted by molar-refractivity contribution is -0.119. The van der Waals surface area contributed by atoms with Gasteiger partial charge < -0.3 is 10.1 Å². The number of benzene rings is 2. The van der Waals surface area contributed by atoms with Crippen LogP contribution >= 0.6 is 0 Å². The van der Waals surface area contributed by atoms with Gasteiger partial charge in [0.05, 0.1) is 12.0 Å². The van der Waals surface area contributed by atoms with E-state index in [0.29, 0.717) is 17.1 Å². The summed E-state index contributed by atoms with van der Waals surface area (Å²) in [6.07, 6.45) is 2.81. The third-order valence-corrected chi connectivity index (χ3v) is 5.38. The number of methoxy groups -OCH3 is 1. The molecule has 3 aromatic rings. The van der Waals surface area contributed by atoms with Gasteiger partial charge in [0.1, 0.15) is 24.4 Å². The number of hydrogen-bond acceptors (Lipinski definition) is 6. The second-order valence-corrected chi connectivity index (χ2v) is 7.58. The topological polar surface area (TPSA) is 115 Å². The number of sulfonamides is 1. The molecule has 0 aliphatic carbocycles. The molecule has 0 aliphatic rings. The highest BCUT2D eigenvalue weighted by molar-refractivity contribution is 7.92. The van der Waals surface area contributed by atoms with Crippen molar-refractivity contribution in [1.29, 1.82) is 0 Å². The fraction of sp³-hybridized carbons (Fsp3) is 0.167. The Bertz CT molecular complexity index is 1030. The maximum Gasteiger partial charge on any atom is 0.261 e. The van der Waals surface area contributed by atoms with E-state index in [-0.39, 0.29) is 10.8 Å². The van der Waals surface area contributed by atoms with E-state index in [0.717, 1.165) is 0 Å². The first-order valence-electron chi connectivity index (χ1n) is 8.31. The van der Waals surface area contributed by atoms with Crippen LogP contribution in [0.5, 0.6) is 5.75 Å². The van der Waals surface area contributed by atoms with Gasteiger partial charge in [-0.2, -0.15) is 5.10 Å². The number of carbonyl (C=O) groups excluding carboxylic acids is 1. The van der Waals surface area contributed by atoms with E-state index in [1.165, 1.54) is 36.6 Å². The van der Waals surface area contributed by atoms with Gasteiger partial charge in [-0.05, 0) is 55.5 Å². The van der Waals surface area contributed by atoms with Gasteiger partial charge in [0.25, 0.3) is 10.0 Å². The average Bonchev–Trinajstić information content (AvgIpc) is 3.23. The molecule has 9 nitrogen and oxygen atoms in total. The largest absolute Gasteiger partial charge is 0.497 e. The highest BCUT2D eigenvalue weighted by atomic mass is 32.2. The van der Waals surface area contributed by atoms with Crippen molar-refractivity contribution in [2.45, 2.75) is 17.9 Å². The van der Waals surface area contributed by atoms with Gasteiger partial charge in [-0.3, -0.25) is 9.52 Å². The minimum atomic E-state index is -3.73. The van der Waals surface area contributed by atoms with Crippen molar-refractivity contribution >= 4 is 27.3 Å². The van der Waals surface area contributed by atoms with Crippen LogP contribution < -0.4 is 14.8 Å². The summed E-state index contributed by atoms with van der Waals surface area (Å²) < 4.78 is 33.9. The fourth-order valence-corrected chi connectivity index (χ4v) is 3.43. The Morgan fingerprint density at radius 3 is 2.29 bits per heavy atom. The van der Waals surface area contributed by atoms with Gasteiger partial charge in [0.2, 0.25) is 5.91 Å². The zero-order valence-electron chi connectivity index (χ0n) is 15.2. The molecule has 0 unspecified atom stereocenters. The third kappa shape index (κ3) is 4.46. The van der Waals surface area contributed by atoms with Crippen LogP contribution in [0.2, 0.25) is 0 Å². The molecule has 0 saturated heterocycles. The molecule has 0 aliphatic heterocycles. The van der Waals surface area contributed by atoms with Crippen LogP contribution in [0.15, 0.2) is 66.1 Å². The Morgan fingerprint density at radius 1 is 1.07 bits per heavy atom. The Hall–Kier alpha value is -3.40. The van der Waals surface area contributed by atoms with E-state index in [1.54, 1.807) is 43.3 Å². The van der Waals surface area contributed by atoms with Gasteiger partial charge in [-0.25, -0.2) is 18.1 Å². The summed E-state index contributed by atoms with van der Waals surface area (Å²) in [4.78, 5) is 16.2. The standard InChI is InChI=1S/C18H19N5O4S/c1-13(23-12-19-11-20-23)18(24)21-14-3-5-15(6-4-14)22-28(25,26)17-9-7-16(27-2)8-10-17/h3-13,22H,1-2H3,(H,21,24)/t13-/m0/s1. The minimum absolute atomic E-state index is 0.118. The number of amides is 1. The average molecular weight is 401 g/mol. The number of aromatic nitrogens is 3. The van der Waals surface area contributed by atoms with Crippen LogP contribution in [0.3, 0.4) is 0 Å². The van der Waals surface area contributed by atoms with Crippen LogP contribution in [0, 0.1) is 0 Å². The molecule has 1 amide bonds. The molecule has 146 valence electrons. The summed E-state index contributed by atoms with van der Waals surface area (Å²) in [5.74, 6) is 0.302. The molecule has 0 radical (unpaired) electrons. The molecular weight excluding hydrogens is 382 g/mol. The van der Waals surface area contributed by atoms with Crippen LogP contribution in [0.25, 0.3) is 0 Å². The SMILES string of the molecule is COc1ccc(S(=O)(=O)Nc2ccc(NC(=O)[C@H](C)n3cncn3)cc2)cc1. The van der Waals surface area contributed by atoms with Crippen LogP contribution in [-0.2, 0) is 14.8 Å². The first-order chi connectivity index (χ1) is 13.4. The highest BCUT2D eigenvalue weighted by Gasteiger charge is 2.16. The molecule has 2 aromatic carbocycles. The summed E-state index contributed by atoms with van der Waals surface area (Å²) in [6, 6.07) is 11.9. The monoisotopic (exact) mass is 401 g/mol. The van der Waals surface area contributed by atoms with Gasteiger partial charge in [-0.15, -0.1) is 0 Å². The van der Waals surface area contributed by atoms with E-state index >= 15 is 0 Å². The summed E-state index contributed by atoms with van der Waals surface area (Å²) >= 11 is 0. The van der Waals surface area contributed by atoms with Crippen LogP contribution in [0.1, 0.15) is 13.0 Å². The molecule has 1 atom stereocenters. The van der Waals surface area contributed by atoms with E-state index in [2.05, 4.69) is 20.1 Å². The molecule has 28 heavy (non-hydrogen) atoms. The number of nitrogens with one attached hydrogen (secondary N) is 2. The first kappa shape index (κ1) is 19.4. The molecule has 3 rings (SSSR count). The molecule has 1 heterocycles. The van der Waals surface area contributed by atoms with Crippen molar-refractivity contribution in [3.8, 4) is 5.75 Å². The van der Waals surface area contributed by atoms with Gasteiger partial charge in [-0.1, -0.05) is 0 Å². The van der Waals surface area contributed by atoms with Crippen LogP contribution in [0.4, 0.5) is 11.4 Å².